The lowest BCUT2D eigenvalue weighted by atomic mass is 10.1. The first-order valence-corrected chi connectivity index (χ1v) is 9.71. The lowest BCUT2D eigenvalue weighted by Crippen LogP contribution is -2.41. The van der Waals surface area contributed by atoms with Gasteiger partial charge in [-0.25, -0.2) is 8.42 Å². The summed E-state index contributed by atoms with van der Waals surface area (Å²) in [4.78, 5) is 0.433. The van der Waals surface area contributed by atoms with Gasteiger partial charge in [-0.15, -0.1) is 0 Å². The van der Waals surface area contributed by atoms with Crippen molar-refractivity contribution in [3.63, 3.8) is 0 Å². The number of sulfonamides is 1. The Labute approximate surface area is 130 Å². The molecule has 0 aliphatic carbocycles. The Morgan fingerprint density at radius 1 is 1.19 bits per heavy atom. The number of rotatable bonds is 3. The summed E-state index contributed by atoms with van der Waals surface area (Å²) < 4.78 is 27.6. The topological polar surface area (TPSA) is 37.4 Å². The van der Waals surface area contributed by atoms with Crippen molar-refractivity contribution in [1.29, 1.82) is 0 Å². The van der Waals surface area contributed by atoms with E-state index in [9.17, 15) is 8.42 Å². The molecule has 0 aromatic heterocycles. The fraction of sp³-hybridized carbons (Fsp3) is 0.375. The molecule has 1 saturated heterocycles. The van der Waals surface area contributed by atoms with Crippen molar-refractivity contribution in [2.45, 2.75) is 23.5 Å². The van der Waals surface area contributed by atoms with Crippen molar-refractivity contribution >= 4 is 32.6 Å². The Morgan fingerprint density at radius 3 is 2.76 bits per heavy atom. The summed E-state index contributed by atoms with van der Waals surface area (Å²) in [6, 6.07) is 13.2. The quantitative estimate of drug-likeness (QED) is 0.870. The predicted molar refractivity (Wildman–Crippen MR) is 89.2 cm³/mol. The van der Waals surface area contributed by atoms with E-state index in [-0.39, 0.29) is 0 Å². The summed E-state index contributed by atoms with van der Waals surface area (Å²) in [7, 11) is -3.41. The van der Waals surface area contributed by atoms with Crippen LogP contribution in [-0.2, 0) is 10.0 Å². The summed E-state index contributed by atoms with van der Waals surface area (Å²) in [5.74, 6) is 0.877. The summed E-state index contributed by atoms with van der Waals surface area (Å²) in [6.45, 7) is 3.34. The van der Waals surface area contributed by atoms with E-state index < -0.39 is 10.0 Å². The van der Waals surface area contributed by atoms with E-state index in [0.29, 0.717) is 23.2 Å². The standard InChI is InChI=1S/C16H19NO2S2/c1-2-14-12-17(10-11-20-14)21(18,19)16-9-5-7-13-6-3-4-8-15(13)16/h3-9,14H,2,10-12H2,1H3. The molecule has 1 heterocycles. The van der Waals surface area contributed by atoms with Crippen molar-refractivity contribution in [1.82, 2.24) is 4.31 Å². The first-order valence-electron chi connectivity index (χ1n) is 7.22. The molecule has 0 amide bonds. The van der Waals surface area contributed by atoms with Crippen molar-refractivity contribution in [3.05, 3.63) is 42.5 Å². The van der Waals surface area contributed by atoms with Gasteiger partial charge in [0, 0.05) is 29.5 Å². The fourth-order valence-corrected chi connectivity index (χ4v) is 5.81. The normalized spacial score (nSPS) is 20.7. The molecule has 1 aliphatic rings. The Kier molecular flexibility index (Phi) is 4.24. The average Bonchev–Trinajstić information content (AvgIpc) is 2.54. The summed E-state index contributed by atoms with van der Waals surface area (Å²) in [5, 5.41) is 2.19. The van der Waals surface area contributed by atoms with Crippen LogP contribution < -0.4 is 0 Å². The van der Waals surface area contributed by atoms with Gasteiger partial charge < -0.3 is 0 Å². The maximum atomic E-state index is 13.0. The maximum Gasteiger partial charge on any atom is 0.243 e. The molecule has 0 radical (unpaired) electrons. The molecule has 5 heteroatoms. The van der Waals surface area contributed by atoms with Gasteiger partial charge in [-0.1, -0.05) is 43.3 Å². The van der Waals surface area contributed by atoms with Gasteiger partial charge in [0.05, 0.1) is 4.90 Å². The Balaban J connectivity index is 2.04. The third-order valence-corrected chi connectivity index (χ3v) is 7.22. The second kappa shape index (κ2) is 5.99. The smallest absolute Gasteiger partial charge is 0.207 e. The van der Waals surface area contributed by atoms with Gasteiger partial charge in [0.1, 0.15) is 0 Å². The van der Waals surface area contributed by atoms with Gasteiger partial charge in [0.25, 0.3) is 0 Å². The number of hydrogen-bond acceptors (Lipinski definition) is 3. The molecule has 21 heavy (non-hydrogen) atoms. The summed E-state index contributed by atoms with van der Waals surface area (Å²) in [5.41, 5.74) is 0. The molecule has 1 unspecified atom stereocenters. The second-order valence-corrected chi connectivity index (χ2v) is 8.56. The minimum absolute atomic E-state index is 0.406. The van der Waals surface area contributed by atoms with Crippen molar-refractivity contribution in [2.75, 3.05) is 18.8 Å². The van der Waals surface area contributed by atoms with Gasteiger partial charge in [-0.2, -0.15) is 16.1 Å². The highest BCUT2D eigenvalue weighted by Gasteiger charge is 2.30. The number of fused-ring (bicyclic) bond motifs is 1. The molecule has 0 spiro atoms. The van der Waals surface area contributed by atoms with Crippen LogP contribution in [0.25, 0.3) is 10.8 Å². The first-order chi connectivity index (χ1) is 10.1. The van der Waals surface area contributed by atoms with E-state index in [4.69, 9.17) is 0 Å². The third-order valence-electron chi connectivity index (χ3n) is 3.92. The summed E-state index contributed by atoms with van der Waals surface area (Å²) in [6.07, 6.45) is 1.01. The second-order valence-electron chi connectivity index (χ2n) is 5.24. The fourth-order valence-electron chi connectivity index (χ4n) is 2.72. The van der Waals surface area contributed by atoms with Crippen LogP contribution in [0.1, 0.15) is 13.3 Å². The molecular weight excluding hydrogens is 302 g/mol. The summed E-state index contributed by atoms with van der Waals surface area (Å²) >= 11 is 1.88. The lowest BCUT2D eigenvalue weighted by Gasteiger charge is -2.31. The molecular formula is C16H19NO2S2. The van der Waals surface area contributed by atoms with E-state index >= 15 is 0 Å². The molecule has 0 N–H and O–H groups in total. The molecule has 2 aromatic carbocycles. The van der Waals surface area contributed by atoms with Gasteiger partial charge in [-0.05, 0) is 17.9 Å². The Bertz CT molecular complexity index is 738. The first kappa shape index (κ1) is 14.9. The monoisotopic (exact) mass is 321 g/mol. The molecule has 2 aromatic rings. The van der Waals surface area contributed by atoms with Crippen LogP contribution in [0, 0.1) is 0 Å². The molecule has 3 rings (SSSR count). The van der Waals surface area contributed by atoms with Crippen LogP contribution >= 0.6 is 11.8 Å². The van der Waals surface area contributed by atoms with Gasteiger partial charge in [0.2, 0.25) is 10.0 Å². The average molecular weight is 321 g/mol. The van der Waals surface area contributed by atoms with E-state index in [1.807, 2.05) is 48.2 Å². The SMILES string of the molecule is CCC1CN(S(=O)(=O)c2cccc3ccccc23)CCS1. The molecule has 112 valence electrons. The highest BCUT2D eigenvalue weighted by atomic mass is 32.2. The van der Waals surface area contributed by atoms with Crippen LogP contribution in [0.4, 0.5) is 0 Å². The van der Waals surface area contributed by atoms with Gasteiger partial charge >= 0.3 is 0 Å². The van der Waals surface area contributed by atoms with Crippen LogP contribution in [-0.4, -0.2) is 36.8 Å². The lowest BCUT2D eigenvalue weighted by molar-refractivity contribution is 0.416. The van der Waals surface area contributed by atoms with Gasteiger partial charge in [0.15, 0.2) is 0 Å². The number of thioether (sulfide) groups is 1. The van der Waals surface area contributed by atoms with E-state index in [1.165, 1.54) is 0 Å². The Hall–Kier alpha value is -1.04. The number of nitrogens with zero attached hydrogens (tertiary/aromatic N) is 1. The van der Waals surface area contributed by atoms with Crippen LogP contribution in [0.15, 0.2) is 47.4 Å². The van der Waals surface area contributed by atoms with Crippen molar-refractivity contribution < 1.29 is 8.42 Å². The largest absolute Gasteiger partial charge is 0.243 e. The highest BCUT2D eigenvalue weighted by Crippen LogP contribution is 2.29. The number of benzene rings is 2. The molecule has 0 bridgehead atoms. The van der Waals surface area contributed by atoms with Gasteiger partial charge in [-0.3, -0.25) is 0 Å². The zero-order chi connectivity index (χ0) is 14.9. The Morgan fingerprint density at radius 2 is 1.95 bits per heavy atom. The minimum Gasteiger partial charge on any atom is -0.207 e. The van der Waals surface area contributed by atoms with Crippen LogP contribution in [0.2, 0.25) is 0 Å². The maximum absolute atomic E-state index is 13.0. The zero-order valence-electron chi connectivity index (χ0n) is 12.0. The molecule has 0 saturated carbocycles. The third kappa shape index (κ3) is 2.82. The van der Waals surface area contributed by atoms with E-state index in [2.05, 4.69) is 6.92 Å². The van der Waals surface area contributed by atoms with E-state index in [1.54, 1.807) is 10.4 Å². The van der Waals surface area contributed by atoms with E-state index in [0.717, 1.165) is 22.9 Å². The molecule has 1 fully saturated rings. The van der Waals surface area contributed by atoms with Crippen molar-refractivity contribution in [2.24, 2.45) is 0 Å². The highest BCUT2D eigenvalue weighted by molar-refractivity contribution is 8.00. The van der Waals surface area contributed by atoms with Crippen LogP contribution in [0.3, 0.4) is 0 Å². The zero-order valence-corrected chi connectivity index (χ0v) is 13.7. The predicted octanol–water partition coefficient (Wildman–Crippen LogP) is 3.36. The molecule has 1 aliphatic heterocycles. The molecule has 1 atom stereocenters. The van der Waals surface area contributed by atoms with Crippen molar-refractivity contribution in [3.8, 4) is 0 Å². The number of hydrogen-bond donors (Lipinski definition) is 0. The minimum atomic E-state index is -3.41. The van der Waals surface area contributed by atoms with Crippen LogP contribution in [0.5, 0.6) is 0 Å². The molecule has 3 nitrogen and oxygen atoms in total.